The Hall–Kier alpha value is -3.35. The van der Waals surface area contributed by atoms with Crippen LogP contribution in [0.25, 0.3) is 0 Å². The zero-order valence-corrected chi connectivity index (χ0v) is 13.5. The van der Waals surface area contributed by atoms with Crippen molar-refractivity contribution in [2.24, 2.45) is 0 Å². The number of carbonyl (C=O) groups is 3. The van der Waals surface area contributed by atoms with Crippen LogP contribution in [0.5, 0.6) is 17.2 Å². The summed E-state index contributed by atoms with van der Waals surface area (Å²) in [7, 11) is 1.31. The van der Waals surface area contributed by atoms with Crippen LogP contribution in [0.15, 0.2) is 24.3 Å². The molecule has 0 aromatic heterocycles. The standard InChI is InChI=1S/C18H14O7/c1-8(19)25-7-9-3-11-15(13(21)4-9)18(23)16-12(17(11)22)5-10(20)6-14(16)24-2/h3-6,20-21H,7H2,1-2H3. The lowest BCUT2D eigenvalue weighted by atomic mass is 9.82. The van der Waals surface area contributed by atoms with Crippen molar-refractivity contribution in [2.75, 3.05) is 7.11 Å². The Bertz CT molecular complexity index is 928. The summed E-state index contributed by atoms with van der Waals surface area (Å²) in [5.41, 5.74) is 0.169. The molecule has 0 radical (unpaired) electrons. The predicted molar refractivity (Wildman–Crippen MR) is 85.1 cm³/mol. The topological polar surface area (TPSA) is 110 Å². The molecule has 0 heterocycles. The van der Waals surface area contributed by atoms with E-state index < -0.39 is 23.3 Å². The normalized spacial score (nSPS) is 12.4. The lowest BCUT2D eigenvalue weighted by Gasteiger charge is -2.21. The van der Waals surface area contributed by atoms with E-state index in [9.17, 15) is 24.6 Å². The molecule has 25 heavy (non-hydrogen) atoms. The molecule has 0 fully saturated rings. The molecule has 1 aliphatic carbocycles. The molecule has 1 aliphatic rings. The number of rotatable bonds is 3. The number of esters is 1. The van der Waals surface area contributed by atoms with Crippen molar-refractivity contribution in [3.63, 3.8) is 0 Å². The highest BCUT2D eigenvalue weighted by Crippen LogP contribution is 2.39. The molecule has 7 heteroatoms. The Morgan fingerprint density at radius 2 is 1.68 bits per heavy atom. The highest BCUT2D eigenvalue weighted by molar-refractivity contribution is 6.30. The van der Waals surface area contributed by atoms with Crippen molar-refractivity contribution in [1.29, 1.82) is 0 Å². The van der Waals surface area contributed by atoms with E-state index in [1.165, 1.54) is 38.3 Å². The first-order valence-corrected chi connectivity index (χ1v) is 7.33. The zero-order valence-electron chi connectivity index (χ0n) is 13.5. The average Bonchev–Trinajstić information content (AvgIpc) is 2.56. The van der Waals surface area contributed by atoms with Crippen molar-refractivity contribution < 1.29 is 34.1 Å². The highest BCUT2D eigenvalue weighted by atomic mass is 16.5. The summed E-state index contributed by atoms with van der Waals surface area (Å²) in [6, 6.07) is 5.06. The van der Waals surface area contributed by atoms with Crippen molar-refractivity contribution in [1.82, 2.24) is 0 Å². The molecule has 0 saturated heterocycles. The molecule has 0 atom stereocenters. The van der Waals surface area contributed by atoms with Crippen LogP contribution in [0, 0.1) is 0 Å². The second kappa shape index (κ2) is 5.94. The summed E-state index contributed by atoms with van der Waals surface area (Å²) in [5.74, 6) is -2.21. The maximum atomic E-state index is 12.8. The maximum Gasteiger partial charge on any atom is 0.302 e. The van der Waals surface area contributed by atoms with E-state index in [2.05, 4.69) is 0 Å². The molecule has 0 saturated carbocycles. The van der Waals surface area contributed by atoms with Crippen molar-refractivity contribution >= 4 is 17.5 Å². The Morgan fingerprint density at radius 1 is 1.00 bits per heavy atom. The fourth-order valence-corrected chi connectivity index (χ4v) is 2.82. The van der Waals surface area contributed by atoms with Gasteiger partial charge in [0.1, 0.15) is 23.9 Å². The van der Waals surface area contributed by atoms with Gasteiger partial charge in [0.25, 0.3) is 0 Å². The van der Waals surface area contributed by atoms with E-state index in [1.54, 1.807) is 0 Å². The van der Waals surface area contributed by atoms with Gasteiger partial charge in [0.2, 0.25) is 5.78 Å². The molecule has 3 rings (SSSR count). The highest BCUT2D eigenvalue weighted by Gasteiger charge is 2.35. The van der Waals surface area contributed by atoms with E-state index >= 15 is 0 Å². The number of aromatic hydroxyl groups is 2. The van der Waals surface area contributed by atoms with Crippen molar-refractivity contribution in [3.05, 3.63) is 52.1 Å². The Labute approximate surface area is 142 Å². The lowest BCUT2D eigenvalue weighted by molar-refractivity contribution is -0.142. The van der Waals surface area contributed by atoms with Gasteiger partial charge in [-0.25, -0.2) is 0 Å². The van der Waals surface area contributed by atoms with Crippen LogP contribution < -0.4 is 4.74 Å². The van der Waals surface area contributed by atoms with Crippen molar-refractivity contribution in [3.8, 4) is 17.2 Å². The third-order valence-corrected chi connectivity index (χ3v) is 3.87. The van der Waals surface area contributed by atoms with Gasteiger partial charge >= 0.3 is 5.97 Å². The number of methoxy groups -OCH3 is 1. The van der Waals surface area contributed by atoms with Crippen molar-refractivity contribution in [2.45, 2.75) is 13.5 Å². The van der Waals surface area contributed by atoms with Gasteiger partial charge in [-0.2, -0.15) is 0 Å². The summed E-state index contributed by atoms with van der Waals surface area (Å²) < 4.78 is 9.94. The van der Waals surface area contributed by atoms with Gasteiger partial charge in [0.05, 0.1) is 18.2 Å². The number of ketones is 2. The number of ether oxygens (including phenoxy) is 2. The molecule has 0 unspecified atom stereocenters. The number of phenols is 2. The van der Waals surface area contributed by atoms with Crippen LogP contribution in [0.1, 0.15) is 44.3 Å². The maximum absolute atomic E-state index is 12.8. The number of hydrogen-bond donors (Lipinski definition) is 2. The second-order valence-electron chi connectivity index (χ2n) is 5.55. The Kier molecular flexibility index (Phi) is 3.92. The van der Waals surface area contributed by atoms with E-state index in [0.29, 0.717) is 5.56 Å². The molecule has 0 bridgehead atoms. The molecule has 0 aliphatic heterocycles. The molecule has 2 aromatic carbocycles. The van der Waals surface area contributed by atoms with Gasteiger partial charge in [-0.3, -0.25) is 14.4 Å². The quantitative estimate of drug-likeness (QED) is 0.700. The van der Waals surface area contributed by atoms with Crippen LogP contribution in [0.2, 0.25) is 0 Å². The first-order chi connectivity index (χ1) is 11.8. The molecule has 0 spiro atoms. The largest absolute Gasteiger partial charge is 0.508 e. The van der Waals surface area contributed by atoms with Gasteiger partial charge in [0, 0.05) is 24.1 Å². The molecule has 2 N–H and O–H groups in total. The van der Waals surface area contributed by atoms with E-state index in [1.807, 2.05) is 0 Å². The summed E-state index contributed by atoms with van der Waals surface area (Å²) in [6.45, 7) is 1.09. The number of hydrogen-bond acceptors (Lipinski definition) is 7. The summed E-state index contributed by atoms with van der Waals surface area (Å²) in [4.78, 5) is 36.5. The Morgan fingerprint density at radius 3 is 2.32 bits per heavy atom. The molecule has 128 valence electrons. The number of carbonyl (C=O) groups excluding carboxylic acids is 3. The molecular formula is C18H14O7. The fourth-order valence-electron chi connectivity index (χ4n) is 2.82. The minimum Gasteiger partial charge on any atom is -0.508 e. The molecule has 0 amide bonds. The van der Waals surface area contributed by atoms with Gasteiger partial charge in [0.15, 0.2) is 5.78 Å². The minimum atomic E-state index is -0.585. The zero-order chi connectivity index (χ0) is 18.3. The monoisotopic (exact) mass is 342 g/mol. The smallest absolute Gasteiger partial charge is 0.302 e. The van der Waals surface area contributed by atoms with Crippen LogP contribution in [-0.4, -0.2) is 34.9 Å². The lowest BCUT2D eigenvalue weighted by Crippen LogP contribution is -2.22. The average molecular weight is 342 g/mol. The fraction of sp³-hybridized carbons (Fsp3) is 0.167. The predicted octanol–water partition coefficient (Wildman–Crippen LogP) is 1.94. The summed E-state index contributed by atoms with van der Waals surface area (Å²) in [5, 5.41) is 20.0. The van der Waals surface area contributed by atoms with E-state index in [-0.39, 0.29) is 40.4 Å². The molecule has 7 nitrogen and oxygen atoms in total. The van der Waals surface area contributed by atoms with Crippen LogP contribution in [0.4, 0.5) is 0 Å². The van der Waals surface area contributed by atoms with Gasteiger partial charge in [-0.05, 0) is 23.8 Å². The first-order valence-electron chi connectivity index (χ1n) is 7.33. The van der Waals surface area contributed by atoms with Gasteiger partial charge in [-0.1, -0.05) is 0 Å². The summed E-state index contributed by atoms with van der Waals surface area (Å²) >= 11 is 0. The Balaban J connectivity index is 2.18. The van der Waals surface area contributed by atoms with Gasteiger partial charge < -0.3 is 19.7 Å². The number of fused-ring (bicyclic) bond motifs is 2. The first kappa shape index (κ1) is 16.5. The number of phenolic OH excluding ortho intramolecular Hbond substituents is 2. The SMILES string of the molecule is COc1cc(O)cc2c1C(=O)c1c(O)cc(COC(C)=O)cc1C2=O. The third kappa shape index (κ3) is 2.69. The second-order valence-corrected chi connectivity index (χ2v) is 5.55. The molecule has 2 aromatic rings. The third-order valence-electron chi connectivity index (χ3n) is 3.87. The molecular weight excluding hydrogens is 328 g/mol. The minimum absolute atomic E-state index is 0.0131. The van der Waals surface area contributed by atoms with Gasteiger partial charge in [-0.15, -0.1) is 0 Å². The summed E-state index contributed by atoms with van der Waals surface area (Å²) in [6.07, 6.45) is 0. The van der Waals surface area contributed by atoms with Crippen LogP contribution in [-0.2, 0) is 16.1 Å². The van der Waals surface area contributed by atoms with E-state index in [4.69, 9.17) is 9.47 Å². The number of benzene rings is 2. The van der Waals surface area contributed by atoms with Crippen LogP contribution >= 0.6 is 0 Å². The van der Waals surface area contributed by atoms with Crippen LogP contribution in [0.3, 0.4) is 0 Å². The van der Waals surface area contributed by atoms with E-state index in [0.717, 1.165) is 0 Å².